The number of hydrogen-bond donors (Lipinski definition) is 0. The van der Waals surface area contributed by atoms with E-state index in [0.29, 0.717) is 10.0 Å². The monoisotopic (exact) mass is 570 g/mol. The van der Waals surface area contributed by atoms with Crippen molar-refractivity contribution in [2.75, 3.05) is 13.2 Å². The van der Waals surface area contributed by atoms with Crippen LogP contribution in [-0.2, 0) is 9.59 Å². The van der Waals surface area contributed by atoms with Gasteiger partial charge in [0.1, 0.15) is 24.7 Å². The van der Waals surface area contributed by atoms with Gasteiger partial charge in [-0.25, -0.2) is 0 Å². The Morgan fingerprint density at radius 1 is 0.636 bits per heavy atom. The summed E-state index contributed by atoms with van der Waals surface area (Å²) in [5.74, 6) is -2.05. The first kappa shape index (κ1) is 48.9. The summed E-state index contributed by atoms with van der Waals surface area (Å²) in [6, 6.07) is 9.03. The molecule has 0 amide bonds. The van der Waals surface area contributed by atoms with Crippen LogP contribution in [0.1, 0.15) is 0 Å². The fraction of sp³-hybridized carbons (Fsp3) is 0.125. The Morgan fingerprint density at radius 2 is 0.909 bits per heavy atom. The van der Waals surface area contributed by atoms with Gasteiger partial charge in [-0.1, -0.05) is 46.4 Å². The van der Waals surface area contributed by atoms with Gasteiger partial charge in [-0.2, -0.15) is 0 Å². The molecule has 2 rings (SSSR count). The molecule has 0 unspecified atom stereocenters. The molecule has 0 bridgehead atoms. The first-order chi connectivity index (χ1) is 12.2. The Kier molecular flexibility index (Phi) is 37.5. The number of halogens is 4. The van der Waals surface area contributed by atoms with Crippen LogP contribution in [0.4, 0.5) is 0 Å². The summed E-state index contributed by atoms with van der Waals surface area (Å²) < 4.78 is 9.60. The van der Waals surface area contributed by atoms with Crippen LogP contribution in [0, 0.1) is 0 Å². The minimum absolute atomic E-state index is 0. The molecule has 12 nitrogen and oxygen atoms in total. The largest absolute Gasteiger partial charge is 2.00 e. The van der Waals surface area contributed by atoms with Crippen molar-refractivity contribution in [3.8, 4) is 11.5 Å². The van der Waals surface area contributed by atoms with Crippen LogP contribution in [0.15, 0.2) is 36.4 Å². The molecule has 0 radical (unpaired) electrons. The van der Waals surface area contributed by atoms with Crippen LogP contribution in [0.3, 0.4) is 0 Å². The third-order valence-corrected chi connectivity index (χ3v) is 3.54. The first-order valence-electron chi connectivity index (χ1n) is 6.74. The normalized spacial score (nSPS) is 7.64. The first-order valence-corrected chi connectivity index (χ1v) is 8.25. The molecule has 0 aliphatic heterocycles. The maximum atomic E-state index is 10.0. The van der Waals surface area contributed by atoms with Gasteiger partial charge in [0.15, 0.2) is 0 Å². The van der Waals surface area contributed by atoms with E-state index in [1.54, 1.807) is 12.1 Å². The zero-order valence-corrected chi connectivity index (χ0v) is 21.0. The van der Waals surface area contributed by atoms with E-state index >= 15 is 0 Å². The van der Waals surface area contributed by atoms with Gasteiger partial charge in [0.2, 0.25) is 0 Å². The molecule has 0 saturated carbocycles. The van der Waals surface area contributed by atoms with Gasteiger partial charge in [-0.05, 0) is 36.4 Å². The van der Waals surface area contributed by atoms with Gasteiger partial charge in [0.25, 0.3) is 0 Å². The number of carbonyl (C=O) groups is 2. The van der Waals surface area contributed by atoms with Crippen molar-refractivity contribution >= 4 is 81.4 Å². The molecule has 0 aliphatic carbocycles. The SMILES string of the molecule is O.O.O.O.O.O.O=C([O-])COc1ccc(Cl)cc1Cl.O=C([O-])COc1ccc(Cl)cc1Cl.[Mg+2]. The predicted molar refractivity (Wildman–Crippen MR) is 121 cm³/mol. The van der Waals surface area contributed by atoms with E-state index in [2.05, 4.69) is 0 Å². The average molecular weight is 572 g/mol. The van der Waals surface area contributed by atoms with Crippen molar-refractivity contribution in [2.45, 2.75) is 0 Å². The Hall–Kier alpha value is -1.33. The van der Waals surface area contributed by atoms with Crippen molar-refractivity contribution < 1.29 is 62.1 Å². The van der Waals surface area contributed by atoms with Crippen molar-refractivity contribution in [1.29, 1.82) is 0 Å². The molecule has 2 aromatic rings. The smallest absolute Gasteiger partial charge is 0.546 e. The maximum absolute atomic E-state index is 10.0. The summed E-state index contributed by atoms with van der Waals surface area (Å²) in [5, 5.41) is 21.6. The number of carboxylic acids is 2. The van der Waals surface area contributed by atoms with Crippen LogP contribution < -0.4 is 19.7 Å². The summed E-state index contributed by atoms with van der Waals surface area (Å²) in [6.07, 6.45) is 0. The summed E-state index contributed by atoms with van der Waals surface area (Å²) in [7, 11) is 0. The molecule has 12 N–H and O–H groups in total. The third-order valence-electron chi connectivity index (χ3n) is 2.48. The molecule has 0 fully saturated rings. The van der Waals surface area contributed by atoms with E-state index in [-0.39, 0.29) is 77.5 Å². The number of carboxylic acid groups (broad SMARTS) is 2. The van der Waals surface area contributed by atoms with Crippen LogP contribution in [0.2, 0.25) is 20.1 Å². The molecule has 0 aliphatic rings. The van der Waals surface area contributed by atoms with Gasteiger partial charge in [-0.15, -0.1) is 0 Å². The second-order valence-electron chi connectivity index (χ2n) is 4.47. The molecule has 0 heterocycles. The van der Waals surface area contributed by atoms with Crippen molar-refractivity contribution in [3.63, 3.8) is 0 Å². The number of aliphatic carboxylic acids is 2. The van der Waals surface area contributed by atoms with Gasteiger partial charge in [0, 0.05) is 10.0 Å². The minimum Gasteiger partial charge on any atom is -0.546 e. The summed E-state index contributed by atoms with van der Waals surface area (Å²) >= 11 is 22.6. The standard InChI is InChI=1S/2C8H6Cl2O3.Mg.6H2O/c2*9-5-1-2-7(6(10)3-5)13-4-8(11)12;;;;;;;/h2*1-3H,4H2,(H,11,12);;6*1H2/q;;+2;;;;;;/p-2. The number of hydrogen-bond acceptors (Lipinski definition) is 6. The van der Waals surface area contributed by atoms with E-state index in [0.717, 1.165) is 0 Å². The fourth-order valence-electron chi connectivity index (χ4n) is 1.46. The molecular formula is C16H22Cl4MgO12. The molecule has 33 heavy (non-hydrogen) atoms. The number of benzene rings is 2. The second-order valence-corrected chi connectivity index (χ2v) is 6.16. The average Bonchev–Trinajstić information content (AvgIpc) is 2.53. The van der Waals surface area contributed by atoms with Crippen molar-refractivity contribution in [2.24, 2.45) is 0 Å². The Bertz CT molecular complexity index is 733. The van der Waals surface area contributed by atoms with Crippen LogP contribution in [0.25, 0.3) is 0 Å². The molecule has 188 valence electrons. The van der Waals surface area contributed by atoms with Crippen molar-refractivity contribution in [1.82, 2.24) is 0 Å². The van der Waals surface area contributed by atoms with Crippen LogP contribution in [0.5, 0.6) is 11.5 Å². The van der Waals surface area contributed by atoms with Gasteiger partial charge >= 0.3 is 23.1 Å². The van der Waals surface area contributed by atoms with E-state index < -0.39 is 25.2 Å². The Labute approximate surface area is 223 Å². The molecular weight excluding hydrogens is 550 g/mol. The zero-order valence-electron chi connectivity index (χ0n) is 16.5. The van der Waals surface area contributed by atoms with Gasteiger partial charge in [0.05, 0.1) is 22.0 Å². The van der Waals surface area contributed by atoms with Crippen molar-refractivity contribution in [3.05, 3.63) is 56.5 Å². The molecule has 0 spiro atoms. The summed E-state index contributed by atoms with van der Waals surface area (Å²) in [5.41, 5.74) is 0. The Balaban J connectivity index is -0.0000000676. The molecule has 2 aromatic carbocycles. The third kappa shape index (κ3) is 21.0. The van der Waals surface area contributed by atoms with Gasteiger partial charge < -0.3 is 62.1 Å². The second kappa shape index (κ2) is 25.3. The zero-order chi connectivity index (χ0) is 19.7. The quantitative estimate of drug-likeness (QED) is 0.323. The number of carbonyl (C=O) groups excluding carboxylic acids is 2. The fourth-order valence-corrected chi connectivity index (χ4v) is 2.38. The summed E-state index contributed by atoms with van der Waals surface area (Å²) in [6.45, 7) is -1.05. The topological polar surface area (TPSA) is 288 Å². The minimum atomic E-state index is -1.30. The number of rotatable bonds is 6. The summed E-state index contributed by atoms with van der Waals surface area (Å²) in [4.78, 5) is 20.1. The van der Waals surface area contributed by atoms with E-state index in [9.17, 15) is 19.8 Å². The predicted octanol–water partition coefficient (Wildman–Crippen LogP) is -3.08. The van der Waals surface area contributed by atoms with E-state index in [4.69, 9.17) is 55.9 Å². The van der Waals surface area contributed by atoms with Crippen LogP contribution >= 0.6 is 46.4 Å². The molecule has 17 heteroatoms. The maximum Gasteiger partial charge on any atom is 2.00 e. The van der Waals surface area contributed by atoms with Crippen LogP contribution in [-0.4, -0.2) is 81.1 Å². The Morgan fingerprint density at radius 3 is 1.12 bits per heavy atom. The van der Waals surface area contributed by atoms with E-state index in [1.807, 2.05) is 0 Å². The number of ether oxygens (including phenoxy) is 2. The molecule has 0 aromatic heterocycles. The van der Waals surface area contributed by atoms with Gasteiger partial charge in [-0.3, -0.25) is 0 Å². The van der Waals surface area contributed by atoms with E-state index in [1.165, 1.54) is 24.3 Å². The molecule has 0 atom stereocenters. The molecule has 0 saturated heterocycles.